The lowest BCUT2D eigenvalue weighted by Gasteiger charge is -2.13. The number of benzene rings is 2. The quantitative estimate of drug-likeness (QED) is 0.761. The first-order valence-corrected chi connectivity index (χ1v) is 9.40. The fraction of sp³-hybridized carbons (Fsp3) is 0.333. The zero-order chi connectivity index (χ0) is 16.2. The zero-order valence-electron chi connectivity index (χ0n) is 13.3. The second-order valence-electron chi connectivity index (χ2n) is 5.63. The Hall–Kier alpha value is -1.81. The van der Waals surface area contributed by atoms with Crippen molar-refractivity contribution in [1.82, 2.24) is 0 Å². The summed E-state index contributed by atoms with van der Waals surface area (Å²) in [5.74, 6) is 0.985. The summed E-state index contributed by atoms with van der Waals surface area (Å²) in [4.78, 5) is 0. The van der Waals surface area contributed by atoms with Crippen LogP contribution in [0.1, 0.15) is 17.5 Å². The summed E-state index contributed by atoms with van der Waals surface area (Å²) in [5, 5.41) is 0. The average Bonchev–Trinajstić information content (AvgIpc) is 2.46. The Labute approximate surface area is 132 Å². The van der Waals surface area contributed by atoms with Crippen LogP contribution in [0.2, 0.25) is 0 Å². The maximum Gasteiger partial charge on any atom is 0.147 e. The molecule has 2 aromatic rings. The monoisotopic (exact) mass is 318 g/mol. The molecule has 2 aromatic carbocycles. The first kappa shape index (κ1) is 16.6. The van der Waals surface area contributed by atoms with Gasteiger partial charge in [-0.1, -0.05) is 30.3 Å². The van der Waals surface area contributed by atoms with Gasteiger partial charge in [0.15, 0.2) is 0 Å². The van der Waals surface area contributed by atoms with Crippen molar-refractivity contribution in [2.24, 2.45) is 0 Å². The van der Waals surface area contributed by atoms with Crippen LogP contribution in [-0.4, -0.2) is 27.0 Å². The highest BCUT2D eigenvalue weighted by Gasteiger charge is 2.08. The Morgan fingerprint density at radius 3 is 2.32 bits per heavy atom. The molecule has 118 valence electrons. The fourth-order valence-electron chi connectivity index (χ4n) is 2.38. The molecule has 2 rings (SSSR count). The van der Waals surface area contributed by atoms with E-state index in [1.165, 1.54) is 17.4 Å². The van der Waals surface area contributed by atoms with Gasteiger partial charge in [-0.2, -0.15) is 0 Å². The van der Waals surface area contributed by atoms with E-state index in [0.717, 1.165) is 16.9 Å². The topological polar surface area (TPSA) is 43.4 Å². The molecule has 0 atom stereocenters. The van der Waals surface area contributed by atoms with Gasteiger partial charge in [0, 0.05) is 6.26 Å². The third kappa shape index (κ3) is 4.60. The van der Waals surface area contributed by atoms with Crippen molar-refractivity contribution in [1.29, 1.82) is 0 Å². The van der Waals surface area contributed by atoms with Gasteiger partial charge in [-0.15, -0.1) is 0 Å². The van der Waals surface area contributed by atoms with E-state index in [2.05, 4.69) is 25.1 Å². The molecule has 0 N–H and O–H groups in total. The molecule has 0 saturated heterocycles. The summed E-state index contributed by atoms with van der Waals surface area (Å²) in [6, 6.07) is 14.4. The third-order valence-corrected chi connectivity index (χ3v) is 4.55. The van der Waals surface area contributed by atoms with Crippen LogP contribution < -0.4 is 4.74 Å². The summed E-state index contributed by atoms with van der Waals surface area (Å²) in [6.45, 7) is 4.49. The predicted molar refractivity (Wildman–Crippen MR) is 91.2 cm³/mol. The predicted octanol–water partition coefficient (Wildman–Crippen LogP) is 3.78. The van der Waals surface area contributed by atoms with Gasteiger partial charge in [0.2, 0.25) is 0 Å². The molecule has 0 aliphatic rings. The van der Waals surface area contributed by atoms with Crippen molar-refractivity contribution >= 4 is 9.84 Å². The van der Waals surface area contributed by atoms with E-state index in [4.69, 9.17) is 4.74 Å². The van der Waals surface area contributed by atoms with Crippen LogP contribution in [0.15, 0.2) is 42.5 Å². The highest BCUT2D eigenvalue weighted by atomic mass is 32.2. The molecule has 3 nitrogen and oxygen atoms in total. The first-order valence-electron chi connectivity index (χ1n) is 7.34. The number of hydrogen-bond acceptors (Lipinski definition) is 3. The smallest absolute Gasteiger partial charge is 0.147 e. The minimum Gasteiger partial charge on any atom is -0.493 e. The molecule has 0 amide bonds. The Bertz CT molecular complexity index is 734. The first-order chi connectivity index (χ1) is 10.4. The number of rotatable bonds is 6. The minimum absolute atomic E-state index is 0.160. The lowest BCUT2D eigenvalue weighted by molar-refractivity contribution is 0.315. The molecule has 0 saturated carbocycles. The van der Waals surface area contributed by atoms with E-state index in [-0.39, 0.29) is 5.75 Å². The van der Waals surface area contributed by atoms with Gasteiger partial charge in [-0.3, -0.25) is 0 Å². The number of hydrogen-bond donors (Lipinski definition) is 0. The van der Waals surface area contributed by atoms with Crippen molar-refractivity contribution in [2.45, 2.75) is 20.3 Å². The van der Waals surface area contributed by atoms with Gasteiger partial charge in [-0.25, -0.2) is 8.42 Å². The van der Waals surface area contributed by atoms with E-state index in [9.17, 15) is 8.42 Å². The summed E-state index contributed by atoms with van der Waals surface area (Å²) < 4.78 is 28.0. The molecule has 0 aliphatic heterocycles. The summed E-state index contributed by atoms with van der Waals surface area (Å²) in [7, 11) is -2.92. The molecule has 0 heterocycles. The maximum atomic E-state index is 11.1. The molecular weight excluding hydrogens is 296 g/mol. The van der Waals surface area contributed by atoms with Crippen molar-refractivity contribution < 1.29 is 13.2 Å². The van der Waals surface area contributed by atoms with Crippen LogP contribution >= 0.6 is 0 Å². The van der Waals surface area contributed by atoms with Gasteiger partial charge in [0.1, 0.15) is 15.6 Å². The summed E-state index contributed by atoms with van der Waals surface area (Å²) in [6.07, 6.45) is 1.76. The molecule has 0 aromatic heterocycles. The van der Waals surface area contributed by atoms with Crippen LogP contribution in [0.5, 0.6) is 5.75 Å². The Kier molecular flexibility index (Phi) is 5.24. The molecule has 0 unspecified atom stereocenters. The van der Waals surface area contributed by atoms with Crippen molar-refractivity contribution in [3.8, 4) is 16.9 Å². The largest absolute Gasteiger partial charge is 0.493 e. The average molecular weight is 318 g/mol. The van der Waals surface area contributed by atoms with Gasteiger partial charge in [-0.05, 0) is 54.7 Å². The minimum atomic E-state index is -2.92. The van der Waals surface area contributed by atoms with E-state index >= 15 is 0 Å². The van der Waals surface area contributed by atoms with E-state index in [1.54, 1.807) is 0 Å². The Balaban J connectivity index is 2.10. The van der Waals surface area contributed by atoms with Crippen LogP contribution in [0.25, 0.3) is 11.1 Å². The van der Waals surface area contributed by atoms with Crippen LogP contribution in [0.4, 0.5) is 0 Å². The molecule has 0 bridgehead atoms. The highest BCUT2D eigenvalue weighted by Crippen LogP contribution is 2.30. The molecule has 4 heteroatoms. The van der Waals surface area contributed by atoms with Gasteiger partial charge in [0.05, 0.1) is 12.4 Å². The van der Waals surface area contributed by atoms with Crippen LogP contribution in [0, 0.1) is 13.8 Å². The third-order valence-electron chi connectivity index (χ3n) is 3.52. The summed E-state index contributed by atoms with van der Waals surface area (Å²) >= 11 is 0. The van der Waals surface area contributed by atoms with Gasteiger partial charge >= 0.3 is 0 Å². The van der Waals surface area contributed by atoms with Crippen molar-refractivity contribution in [3.63, 3.8) is 0 Å². The second-order valence-corrected chi connectivity index (χ2v) is 7.89. The second kappa shape index (κ2) is 6.97. The molecular formula is C18H22O3S. The molecule has 0 aliphatic carbocycles. The SMILES string of the molecule is Cc1cc(-c2ccccc2)c(C)cc1OCCCS(C)(=O)=O. The molecule has 22 heavy (non-hydrogen) atoms. The number of aryl methyl sites for hydroxylation is 2. The number of ether oxygens (including phenoxy) is 1. The molecule has 0 fully saturated rings. The van der Waals surface area contributed by atoms with E-state index < -0.39 is 9.84 Å². The standard InChI is InChI=1S/C18H22O3S/c1-14-13-18(21-10-7-11-22(3,19)20)15(2)12-17(14)16-8-5-4-6-9-16/h4-6,8-9,12-13H,7,10-11H2,1-3H3. The van der Waals surface area contributed by atoms with Crippen molar-refractivity contribution in [2.75, 3.05) is 18.6 Å². The van der Waals surface area contributed by atoms with Gasteiger partial charge in [0.25, 0.3) is 0 Å². The lowest BCUT2D eigenvalue weighted by Crippen LogP contribution is -2.08. The van der Waals surface area contributed by atoms with E-state index in [0.29, 0.717) is 13.0 Å². The number of sulfone groups is 1. The van der Waals surface area contributed by atoms with Crippen molar-refractivity contribution in [3.05, 3.63) is 53.6 Å². The molecule has 0 radical (unpaired) electrons. The van der Waals surface area contributed by atoms with Gasteiger partial charge < -0.3 is 4.74 Å². The highest BCUT2D eigenvalue weighted by molar-refractivity contribution is 7.90. The fourth-order valence-corrected chi connectivity index (χ4v) is 3.02. The van der Waals surface area contributed by atoms with Crippen LogP contribution in [0.3, 0.4) is 0 Å². The zero-order valence-corrected chi connectivity index (χ0v) is 14.1. The van der Waals surface area contributed by atoms with Crippen LogP contribution in [-0.2, 0) is 9.84 Å². The van der Waals surface area contributed by atoms with E-state index in [1.807, 2.05) is 31.2 Å². The normalized spacial score (nSPS) is 11.4. The molecule has 0 spiro atoms. The Morgan fingerprint density at radius 2 is 1.68 bits per heavy atom. The Morgan fingerprint density at radius 1 is 1.00 bits per heavy atom. The maximum absolute atomic E-state index is 11.1. The lowest BCUT2D eigenvalue weighted by atomic mass is 9.98. The summed E-state index contributed by atoms with van der Waals surface area (Å²) in [5.41, 5.74) is 4.59.